The van der Waals surface area contributed by atoms with Crippen LogP contribution in [0.15, 0.2) is 54.6 Å². The number of anilines is 2. The molecule has 2 N–H and O–H groups in total. The summed E-state index contributed by atoms with van der Waals surface area (Å²) >= 11 is 6.26. The van der Waals surface area contributed by atoms with Crippen molar-refractivity contribution >= 4 is 34.4 Å². The summed E-state index contributed by atoms with van der Waals surface area (Å²) in [5, 5.41) is 6.10. The highest BCUT2D eigenvalue weighted by Gasteiger charge is 2.22. The number of hydrogen-bond donors (Lipinski definition) is 1. The second-order valence-electron chi connectivity index (χ2n) is 7.21. The fourth-order valence-corrected chi connectivity index (χ4v) is 3.86. The van der Waals surface area contributed by atoms with E-state index in [1.165, 1.54) is 0 Å². The molecule has 5 rings (SSSR count). The summed E-state index contributed by atoms with van der Waals surface area (Å²) in [6.07, 6.45) is 0. The number of fused-ring (bicyclic) bond motifs is 1. The van der Waals surface area contributed by atoms with Gasteiger partial charge in [-0.15, -0.1) is 5.10 Å². The highest BCUT2D eigenvalue weighted by molar-refractivity contribution is 6.30. The van der Waals surface area contributed by atoms with Crippen molar-refractivity contribution < 1.29 is 4.74 Å². The molecule has 1 aliphatic heterocycles. The van der Waals surface area contributed by atoms with E-state index in [1.807, 2.05) is 42.5 Å². The third-order valence-corrected chi connectivity index (χ3v) is 5.43. The summed E-state index contributed by atoms with van der Waals surface area (Å²) in [6.45, 7) is 3.34. The van der Waals surface area contributed by atoms with Gasteiger partial charge in [0, 0.05) is 23.7 Å². The highest BCUT2D eigenvalue weighted by Crippen LogP contribution is 2.33. The minimum absolute atomic E-state index is 0.539. The minimum atomic E-state index is 0.539. The van der Waals surface area contributed by atoms with Gasteiger partial charge in [-0.1, -0.05) is 54.1 Å². The van der Waals surface area contributed by atoms with Crippen LogP contribution < -0.4 is 10.6 Å². The number of rotatable bonds is 4. The lowest BCUT2D eigenvalue weighted by Gasteiger charge is -2.27. The van der Waals surface area contributed by atoms with Crippen LogP contribution in [0.4, 0.5) is 11.8 Å². The lowest BCUT2D eigenvalue weighted by atomic mass is 10.1. The molecule has 152 valence electrons. The molecule has 2 aromatic carbocycles. The van der Waals surface area contributed by atoms with Gasteiger partial charge in [0.2, 0.25) is 5.95 Å². The molecular formula is C22H21ClN6O. The normalized spacial score (nSPS) is 14.4. The summed E-state index contributed by atoms with van der Waals surface area (Å²) in [5.41, 5.74) is 9.86. The number of ether oxygens (including phenoxy) is 1. The molecule has 3 heterocycles. The van der Waals surface area contributed by atoms with E-state index in [0.29, 0.717) is 42.2 Å². The van der Waals surface area contributed by atoms with E-state index >= 15 is 0 Å². The van der Waals surface area contributed by atoms with Gasteiger partial charge in [0.05, 0.1) is 30.8 Å². The quantitative estimate of drug-likeness (QED) is 0.543. The third-order valence-electron chi connectivity index (χ3n) is 5.19. The summed E-state index contributed by atoms with van der Waals surface area (Å²) in [6, 6.07) is 17.7. The first kappa shape index (κ1) is 18.8. The van der Waals surface area contributed by atoms with Crippen LogP contribution in [0.2, 0.25) is 5.02 Å². The average Bonchev–Trinajstić information content (AvgIpc) is 3.09. The van der Waals surface area contributed by atoms with Gasteiger partial charge in [0.1, 0.15) is 5.82 Å². The Morgan fingerprint density at radius 2 is 1.80 bits per heavy atom. The molecule has 0 amide bonds. The lowest BCUT2D eigenvalue weighted by molar-refractivity contribution is 0.122. The van der Waals surface area contributed by atoms with Gasteiger partial charge in [-0.05, 0) is 17.7 Å². The first-order valence-corrected chi connectivity index (χ1v) is 10.2. The number of benzene rings is 2. The van der Waals surface area contributed by atoms with Crippen molar-refractivity contribution in [1.82, 2.24) is 19.7 Å². The Bertz CT molecular complexity index is 1190. The molecule has 0 radical (unpaired) electrons. The Kier molecular flexibility index (Phi) is 4.98. The monoisotopic (exact) mass is 420 g/mol. The molecular weight excluding hydrogens is 400 g/mol. The Hall–Kier alpha value is -3.16. The average molecular weight is 421 g/mol. The molecule has 0 saturated carbocycles. The van der Waals surface area contributed by atoms with Crippen molar-refractivity contribution in [3.8, 4) is 11.3 Å². The van der Waals surface area contributed by atoms with Crippen LogP contribution in [-0.2, 0) is 11.3 Å². The van der Waals surface area contributed by atoms with Crippen molar-refractivity contribution in [3.05, 3.63) is 65.2 Å². The first-order chi connectivity index (χ1) is 14.7. The van der Waals surface area contributed by atoms with Crippen molar-refractivity contribution in [2.24, 2.45) is 0 Å². The molecule has 4 aromatic rings. The van der Waals surface area contributed by atoms with Gasteiger partial charge >= 0.3 is 0 Å². The van der Waals surface area contributed by atoms with Crippen LogP contribution in [0.25, 0.3) is 22.3 Å². The van der Waals surface area contributed by atoms with Crippen LogP contribution in [0, 0.1) is 0 Å². The largest absolute Gasteiger partial charge is 0.383 e. The lowest BCUT2D eigenvalue weighted by Crippen LogP contribution is -2.37. The molecule has 0 unspecified atom stereocenters. The Morgan fingerprint density at radius 3 is 2.57 bits per heavy atom. The predicted octanol–water partition coefficient (Wildman–Crippen LogP) is 3.61. The highest BCUT2D eigenvalue weighted by atomic mass is 35.5. The maximum Gasteiger partial charge on any atom is 0.228 e. The van der Waals surface area contributed by atoms with Crippen LogP contribution in [0.5, 0.6) is 0 Å². The Labute approximate surface area is 179 Å². The number of nitrogen functional groups attached to an aromatic ring is 1. The van der Waals surface area contributed by atoms with E-state index in [4.69, 9.17) is 37.1 Å². The Balaban J connectivity index is 1.67. The minimum Gasteiger partial charge on any atom is -0.383 e. The molecule has 1 saturated heterocycles. The zero-order chi connectivity index (χ0) is 20.5. The summed E-state index contributed by atoms with van der Waals surface area (Å²) in [4.78, 5) is 11.7. The fourth-order valence-electron chi connectivity index (χ4n) is 3.67. The van der Waals surface area contributed by atoms with Crippen molar-refractivity contribution in [2.45, 2.75) is 6.54 Å². The van der Waals surface area contributed by atoms with Gasteiger partial charge in [-0.3, -0.25) is 0 Å². The van der Waals surface area contributed by atoms with Gasteiger partial charge in [0.25, 0.3) is 0 Å². The molecule has 30 heavy (non-hydrogen) atoms. The summed E-state index contributed by atoms with van der Waals surface area (Å²) < 4.78 is 7.26. The van der Waals surface area contributed by atoms with E-state index in [9.17, 15) is 0 Å². The molecule has 1 aliphatic rings. The molecule has 7 nitrogen and oxygen atoms in total. The number of hydrogen-bond acceptors (Lipinski definition) is 6. The molecule has 8 heteroatoms. The van der Waals surface area contributed by atoms with Crippen LogP contribution in [0.3, 0.4) is 0 Å². The van der Waals surface area contributed by atoms with E-state index in [0.717, 1.165) is 35.3 Å². The smallest absolute Gasteiger partial charge is 0.228 e. The van der Waals surface area contributed by atoms with Crippen molar-refractivity contribution in [1.29, 1.82) is 0 Å². The van der Waals surface area contributed by atoms with Gasteiger partial charge in [0.15, 0.2) is 5.65 Å². The molecule has 1 fully saturated rings. The van der Waals surface area contributed by atoms with E-state index in [1.54, 1.807) is 4.68 Å². The summed E-state index contributed by atoms with van der Waals surface area (Å²) in [5.74, 6) is 1.17. The van der Waals surface area contributed by atoms with Crippen LogP contribution in [-0.4, -0.2) is 46.1 Å². The molecule has 0 aliphatic carbocycles. The maximum atomic E-state index is 6.55. The molecule has 0 spiro atoms. The second kappa shape index (κ2) is 7.93. The third kappa shape index (κ3) is 3.58. The van der Waals surface area contributed by atoms with Gasteiger partial charge < -0.3 is 15.4 Å². The van der Waals surface area contributed by atoms with E-state index in [-0.39, 0.29) is 0 Å². The first-order valence-electron chi connectivity index (χ1n) is 9.85. The van der Waals surface area contributed by atoms with Crippen molar-refractivity contribution in [3.63, 3.8) is 0 Å². The topological polar surface area (TPSA) is 82.1 Å². The number of morpholine rings is 1. The summed E-state index contributed by atoms with van der Waals surface area (Å²) in [7, 11) is 0. The zero-order valence-corrected chi connectivity index (χ0v) is 17.1. The predicted molar refractivity (Wildman–Crippen MR) is 119 cm³/mol. The van der Waals surface area contributed by atoms with Gasteiger partial charge in [-0.2, -0.15) is 4.98 Å². The molecule has 0 bridgehead atoms. The second-order valence-corrected chi connectivity index (χ2v) is 7.65. The number of aromatic nitrogens is 4. The van der Waals surface area contributed by atoms with Crippen molar-refractivity contribution in [2.75, 3.05) is 36.9 Å². The van der Waals surface area contributed by atoms with E-state index < -0.39 is 0 Å². The maximum absolute atomic E-state index is 6.55. The number of nitrogens with two attached hydrogens (primary N) is 1. The number of nitrogens with zero attached hydrogens (tertiary/aromatic N) is 5. The van der Waals surface area contributed by atoms with E-state index in [2.05, 4.69) is 17.0 Å². The fraction of sp³-hybridized carbons (Fsp3) is 0.227. The molecule has 2 aromatic heterocycles. The zero-order valence-electron chi connectivity index (χ0n) is 16.3. The SMILES string of the molecule is Nc1c2c(-c3cccc(Cl)c3)nc(N3CCOCC3)nc2nn1Cc1ccccc1. The number of halogens is 1. The Morgan fingerprint density at radius 1 is 1.00 bits per heavy atom. The standard InChI is InChI=1S/C22H21ClN6O/c23-17-8-4-7-16(13-17)19-18-20(24)29(14-15-5-2-1-3-6-15)27-21(18)26-22(25-19)28-9-11-30-12-10-28/h1-8,13H,9-12,14,24H2. The van der Waals surface area contributed by atoms with Crippen LogP contribution >= 0.6 is 11.6 Å². The van der Waals surface area contributed by atoms with Gasteiger partial charge in [-0.25, -0.2) is 9.67 Å². The van der Waals surface area contributed by atoms with Crippen LogP contribution in [0.1, 0.15) is 5.56 Å². The molecule has 0 atom stereocenters.